The molecular weight excluding hydrogens is 453 g/mol. The summed E-state index contributed by atoms with van der Waals surface area (Å²) in [5.41, 5.74) is 0.894. The second kappa shape index (κ2) is 9.96. The monoisotopic (exact) mass is 477 g/mol. The molecule has 2 rings (SSSR count). The third-order valence-electron chi connectivity index (χ3n) is 3.18. The van der Waals surface area contributed by atoms with Gasteiger partial charge in [-0.25, -0.2) is 4.99 Å². The molecule has 0 aliphatic heterocycles. The minimum absolute atomic E-state index is 0. The van der Waals surface area contributed by atoms with E-state index in [-0.39, 0.29) is 29.4 Å². The summed E-state index contributed by atoms with van der Waals surface area (Å²) >= 11 is 5.99. The average Bonchev–Trinajstić information content (AvgIpc) is 2.99. The van der Waals surface area contributed by atoms with Crippen LogP contribution in [-0.4, -0.2) is 22.6 Å². The highest BCUT2D eigenvalue weighted by atomic mass is 127. The van der Waals surface area contributed by atoms with E-state index in [9.17, 15) is 0 Å². The topological polar surface area (TPSA) is 75.3 Å². The van der Waals surface area contributed by atoms with E-state index in [0.717, 1.165) is 12.1 Å². The second-order valence-corrected chi connectivity index (χ2v) is 6.88. The lowest BCUT2D eigenvalue weighted by Crippen LogP contribution is -2.37. The lowest BCUT2D eigenvalue weighted by atomic mass is 9.97. The lowest BCUT2D eigenvalue weighted by molar-refractivity contribution is 0.318. The Morgan fingerprint density at radius 2 is 2.04 bits per heavy atom. The Labute approximate surface area is 170 Å². The van der Waals surface area contributed by atoms with Crippen molar-refractivity contribution in [3.63, 3.8) is 0 Å². The van der Waals surface area contributed by atoms with Gasteiger partial charge in [-0.2, -0.15) is 4.98 Å². The molecule has 0 aliphatic rings. The molecule has 6 nitrogen and oxygen atoms in total. The average molecular weight is 478 g/mol. The highest BCUT2D eigenvalue weighted by Crippen LogP contribution is 2.19. The standard InChI is InChI=1S/C17H24ClN5O.HI/c1-5-19-16(20-10-12-7-6-8-13(18)9-12)21-11-14-22-15(24-23-14)17(2,3)4;/h6-9H,5,10-11H2,1-4H3,(H2,19,20,21);1H. The smallest absolute Gasteiger partial charge is 0.232 e. The minimum atomic E-state index is -0.156. The number of benzene rings is 1. The number of guanidine groups is 1. The van der Waals surface area contributed by atoms with E-state index in [4.69, 9.17) is 16.1 Å². The maximum atomic E-state index is 5.99. The van der Waals surface area contributed by atoms with Gasteiger partial charge < -0.3 is 15.2 Å². The van der Waals surface area contributed by atoms with Crippen LogP contribution >= 0.6 is 35.6 Å². The van der Waals surface area contributed by atoms with Crippen LogP contribution in [0.25, 0.3) is 0 Å². The van der Waals surface area contributed by atoms with Crippen LogP contribution in [-0.2, 0) is 18.5 Å². The SMILES string of the molecule is CCNC(=NCc1cccc(Cl)c1)NCc1noc(C(C)(C)C)n1.I. The molecule has 0 atom stereocenters. The summed E-state index contributed by atoms with van der Waals surface area (Å²) in [5.74, 6) is 1.92. The molecule has 0 saturated heterocycles. The third kappa shape index (κ3) is 7.19. The van der Waals surface area contributed by atoms with Gasteiger partial charge in [-0.05, 0) is 24.6 Å². The maximum Gasteiger partial charge on any atom is 0.232 e. The van der Waals surface area contributed by atoms with Gasteiger partial charge in [0.2, 0.25) is 5.89 Å². The highest BCUT2D eigenvalue weighted by Gasteiger charge is 2.21. The number of hydrogen-bond donors (Lipinski definition) is 2. The summed E-state index contributed by atoms with van der Waals surface area (Å²) in [5, 5.41) is 11.1. The molecular formula is C17H25ClIN5O. The van der Waals surface area contributed by atoms with E-state index in [1.807, 2.05) is 52.0 Å². The van der Waals surface area contributed by atoms with E-state index in [2.05, 4.69) is 25.8 Å². The van der Waals surface area contributed by atoms with Crippen molar-refractivity contribution in [2.75, 3.05) is 6.54 Å². The summed E-state index contributed by atoms with van der Waals surface area (Å²) in [6.07, 6.45) is 0. The Morgan fingerprint density at radius 3 is 2.64 bits per heavy atom. The Morgan fingerprint density at radius 1 is 1.28 bits per heavy atom. The van der Waals surface area contributed by atoms with Gasteiger partial charge in [0.05, 0.1) is 13.1 Å². The molecule has 0 saturated carbocycles. The Hall–Kier alpha value is -1.35. The number of aromatic nitrogens is 2. The molecule has 0 radical (unpaired) electrons. The first kappa shape index (κ1) is 21.7. The van der Waals surface area contributed by atoms with Gasteiger partial charge in [0.1, 0.15) is 0 Å². The van der Waals surface area contributed by atoms with Crippen molar-refractivity contribution in [2.45, 2.75) is 46.2 Å². The first-order valence-electron chi connectivity index (χ1n) is 7.98. The number of aliphatic imine (C=N–C) groups is 1. The van der Waals surface area contributed by atoms with Gasteiger partial charge >= 0.3 is 0 Å². The first-order valence-corrected chi connectivity index (χ1v) is 8.36. The molecule has 1 heterocycles. The second-order valence-electron chi connectivity index (χ2n) is 6.44. The summed E-state index contributed by atoms with van der Waals surface area (Å²) < 4.78 is 5.29. The number of halogens is 2. The van der Waals surface area contributed by atoms with Crippen molar-refractivity contribution in [3.8, 4) is 0 Å². The van der Waals surface area contributed by atoms with E-state index in [0.29, 0.717) is 35.8 Å². The van der Waals surface area contributed by atoms with Crippen LogP contribution in [0.2, 0.25) is 5.02 Å². The lowest BCUT2D eigenvalue weighted by Gasteiger charge is -2.11. The van der Waals surface area contributed by atoms with Gasteiger partial charge in [-0.15, -0.1) is 24.0 Å². The van der Waals surface area contributed by atoms with Crippen LogP contribution in [0.1, 0.15) is 45.0 Å². The highest BCUT2D eigenvalue weighted by molar-refractivity contribution is 14.0. The van der Waals surface area contributed by atoms with Crippen molar-refractivity contribution in [1.29, 1.82) is 0 Å². The van der Waals surface area contributed by atoms with Gasteiger partial charge in [-0.1, -0.05) is 49.7 Å². The third-order valence-corrected chi connectivity index (χ3v) is 3.41. The van der Waals surface area contributed by atoms with Crippen LogP contribution in [0.3, 0.4) is 0 Å². The predicted molar refractivity (Wildman–Crippen MR) is 112 cm³/mol. The molecule has 0 fully saturated rings. The molecule has 0 aliphatic carbocycles. The first-order chi connectivity index (χ1) is 11.4. The fraction of sp³-hybridized carbons (Fsp3) is 0.471. The zero-order valence-electron chi connectivity index (χ0n) is 15.0. The number of hydrogen-bond acceptors (Lipinski definition) is 4. The fourth-order valence-electron chi connectivity index (χ4n) is 1.94. The van der Waals surface area contributed by atoms with Gasteiger partial charge in [0.25, 0.3) is 0 Å². The van der Waals surface area contributed by atoms with E-state index in [1.165, 1.54) is 0 Å². The molecule has 1 aromatic heterocycles. The molecule has 8 heteroatoms. The fourth-order valence-corrected chi connectivity index (χ4v) is 2.15. The number of nitrogens with one attached hydrogen (secondary N) is 2. The molecule has 2 aromatic rings. The molecule has 0 amide bonds. The van der Waals surface area contributed by atoms with Gasteiger partial charge in [0, 0.05) is 17.0 Å². The van der Waals surface area contributed by atoms with Crippen molar-refractivity contribution in [2.24, 2.45) is 4.99 Å². The minimum Gasteiger partial charge on any atom is -0.357 e. The van der Waals surface area contributed by atoms with Gasteiger partial charge in [0.15, 0.2) is 11.8 Å². The Bertz CT molecular complexity index is 696. The Balaban J connectivity index is 0.00000312. The van der Waals surface area contributed by atoms with Crippen LogP contribution in [0.4, 0.5) is 0 Å². The number of rotatable bonds is 5. The largest absolute Gasteiger partial charge is 0.357 e. The van der Waals surface area contributed by atoms with Crippen molar-refractivity contribution >= 4 is 41.5 Å². The summed E-state index contributed by atoms with van der Waals surface area (Å²) in [4.78, 5) is 8.95. The predicted octanol–water partition coefficient (Wildman–Crippen LogP) is 3.89. The molecule has 138 valence electrons. The quantitative estimate of drug-likeness (QED) is 0.388. The van der Waals surface area contributed by atoms with E-state index < -0.39 is 0 Å². The molecule has 0 unspecified atom stereocenters. The van der Waals surface area contributed by atoms with Crippen molar-refractivity contribution in [3.05, 3.63) is 46.6 Å². The zero-order valence-corrected chi connectivity index (χ0v) is 18.1. The van der Waals surface area contributed by atoms with Crippen LogP contribution < -0.4 is 10.6 Å². The molecule has 25 heavy (non-hydrogen) atoms. The summed E-state index contributed by atoms with van der Waals surface area (Å²) in [7, 11) is 0. The summed E-state index contributed by atoms with van der Waals surface area (Å²) in [6.45, 7) is 9.87. The summed E-state index contributed by atoms with van der Waals surface area (Å²) in [6, 6.07) is 7.67. The maximum absolute atomic E-state index is 5.99. The van der Waals surface area contributed by atoms with Gasteiger partial charge in [-0.3, -0.25) is 0 Å². The van der Waals surface area contributed by atoms with Crippen LogP contribution in [0.15, 0.2) is 33.8 Å². The van der Waals surface area contributed by atoms with Crippen LogP contribution in [0.5, 0.6) is 0 Å². The number of nitrogens with zero attached hydrogens (tertiary/aromatic N) is 3. The Kier molecular flexibility index (Phi) is 8.64. The van der Waals surface area contributed by atoms with Crippen molar-refractivity contribution in [1.82, 2.24) is 20.8 Å². The van der Waals surface area contributed by atoms with Crippen molar-refractivity contribution < 1.29 is 4.52 Å². The van der Waals surface area contributed by atoms with E-state index >= 15 is 0 Å². The zero-order chi connectivity index (χ0) is 17.6. The normalized spacial score (nSPS) is 11.8. The van der Waals surface area contributed by atoms with Crippen LogP contribution in [0, 0.1) is 0 Å². The molecule has 0 bridgehead atoms. The molecule has 0 spiro atoms. The molecule has 2 N–H and O–H groups in total. The molecule has 1 aromatic carbocycles. The van der Waals surface area contributed by atoms with E-state index in [1.54, 1.807) is 0 Å².